The highest BCUT2D eigenvalue weighted by Crippen LogP contribution is 2.35. The summed E-state index contributed by atoms with van der Waals surface area (Å²) in [6, 6.07) is 7.07. The topological polar surface area (TPSA) is 94.6 Å². The van der Waals surface area contributed by atoms with Crippen molar-refractivity contribution in [3.8, 4) is 0 Å². The zero-order valence-corrected chi connectivity index (χ0v) is 18.9. The molecular weight excluding hydrogens is 416 g/mol. The van der Waals surface area contributed by atoms with E-state index in [9.17, 15) is 14.4 Å². The predicted octanol–water partition coefficient (Wildman–Crippen LogP) is 4.99. The van der Waals surface area contributed by atoms with Crippen molar-refractivity contribution in [2.75, 3.05) is 11.9 Å². The second kappa shape index (κ2) is 8.85. The van der Waals surface area contributed by atoms with Gasteiger partial charge in [-0.25, -0.2) is 9.59 Å². The summed E-state index contributed by atoms with van der Waals surface area (Å²) >= 11 is 0.997. The summed E-state index contributed by atoms with van der Waals surface area (Å²) in [5, 5.41) is 4.58. The van der Waals surface area contributed by atoms with Crippen molar-refractivity contribution in [3.63, 3.8) is 0 Å². The summed E-state index contributed by atoms with van der Waals surface area (Å²) in [4.78, 5) is 42.7. The number of hydrogen-bond donors (Lipinski definition) is 1. The molecule has 0 spiro atoms. The lowest BCUT2D eigenvalue weighted by Crippen LogP contribution is -2.25. The third kappa shape index (κ3) is 4.91. The van der Waals surface area contributed by atoms with Crippen LogP contribution in [0.4, 0.5) is 5.00 Å². The van der Waals surface area contributed by atoms with Crippen molar-refractivity contribution in [2.24, 2.45) is 0 Å². The highest BCUT2D eigenvalue weighted by molar-refractivity contribution is 7.18. The number of benzene rings is 1. The molecule has 1 aromatic carbocycles. The zero-order valence-electron chi connectivity index (χ0n) is 18.1. The molecule has 31 heavy (non-hydrogen) atoms. The Hall–Kier alpha value is -3.26. The van der Waals surface area contributed by atoms with Gasteiger partial charge in [-0.3, -0.25) is 9.78 Å². The van der Waals surface area contributed by atoms with Gasteiger partial charge in [0.2, 0.25) is 0 Å². The molecule has 1 N–H and O–H groups in total. The first-order valence-corrected chi connectivity index (χ1v) is 10.6. The van der Waals surface area contributed by atoms with E-state index >= 15 is 0 Å². The Morgan fingerprint density at radius 2 is 1.87 bits per heavy atom. The summed E-state index contributed by atoms with van der Waals surface area (Å²) in [5.41, 5.74) is 0.256. The van der Waals surface area contributed by atoms with Gasteiger partial charge in [0, 0.05) is 23.3 Å². The highest BCUT2D eigenvalue weighted by atomic mass is 32.1. The molecule has 0 aliphatic carbocycles. The van der Waals surface area contributed by atoms with Crippen LogP contribution in [0, 0.1) is 6.92 Å². The van der Waals surface area contributed by atoms with Crippen LogP contribution in [-0.2, 0) is 9.47 Å². The van der Waals surface area contributed by atoms with Crippen LogP contribution < -0.4 is 5.32 Å². The molecular formula is C23H24N2O5S. The lowest BCUT2D eigenvalue weighted by atomic mass is 10.1. The standard InChI is InChI=1S/C23H24N2O5S/c1-6-29-22(28)18-13(2)17(21(27)30-23(3,4)5)20(31-18)25-19(26)16-9-7-8-14-12-24-11-10-15(14)16/h7-12H,6H2,1-5H3,(H,25,26). The highest BCUT2D eigenvalue weighted by Gasteiger charge is 2.30. The summed E-state index contributed by atoms with van der Waals surface area (Å²) in [7, 11) is 0. The van der Waals surface area contributed by atoms with E-state index in [-0.39, 0.29) is 22.0 Å². The van der Waals surface area contributed by atoms with E-state index in [0.717, 1.165) is 22.1 Å². The number of ether oxygens (including phenoxy) is 2. The average Bonchev–Trinajstić information content (AvgIpc) is 3.02. The smallest absolute Gasteiger partial charge is 0.348 e. The quantitative estimate of drug-likeness (QED) is 0.562. The van der Waals surface area contributed by atoms with Crippen molar-refractivity contribution >= 4 is 45.0 Å². The van der Waals surface area contributed by atoms with Crippen molar-refractivity contribution in [1.29, 1.82) is 0 Å². The van der Waals surface area contributed by atoms with Gasteiger partial charge in [-0.2, -0.15) is 0 Å². The number of esters is 2. The van der Waals surface area contributed by atoms with E-state index in [1.807, 2.05) is 6.07 Å². The first-order valence-electron chi connectivity index (χ1n) is 9.80. The minimum absolute atomic E-state index is 0.151. The first-order chi connectivity index (χ1) is 14.6. The molecule has 1 amide bonds. The fourth-order valence-corrected chi connectivity index (χ4v) is 4.14. The molecule has 7 nitrogen and oxygen atoms in total. The van der Waals surface area contributed by atoms with Gasteiger partial charge >= 0.3 is 11.9 Å². The number of carbonyl (C=O) groups excluding carboxylic acids is 3. The Bertz CT molecular complexity index is 1160. The van der Waals surface area contributed by atoms with E-state index < -0.39 is 23.4 Å². The molecule has 0 aliphatic heterocycles. The van der Waals surface area contributed by atoms with Crippen LogP contribution >= 0.6 is 11.3 Å². The number of aromatic nitrogens is 1. The van der Waals surface area contributed by atoms with Crippen LogP contribution in [0.5, 0.6) is 0 Å². The van der Waals surface area contributed by atoms with Gasteiger partial charge in [-0.15, -0.1) is 11.3 Å². The van der Waals surface area contributed by atoms with Crippen molar-refractivity contribution < 1.29 is 23.9 Å². The number of nitrogens with zero attached hydrogens (tertiary/aromatic N) is 1. The summed E-state index contributed by atoms with van der Waals surface area (Å²) in [5.74, 6) is -1.57. The monoisotopic (exact) mass is 440 g/mol. The van der Waals surface area contributed by atoms with Crippen LogP contribution in [0.15, 0.2) is 36.7 Å². The zero-order chi connectivity index (χ0) is 22.8. The minimum Gasteiger partial charge on any atom is -0.462 e. The predicted molar refractivity (Wildman–Crippen MR) is 120 cm³/mol. The third-order valence-corrected chi connectivity index (χ3v) is 5.55. The normalized spacial score (nSPS) is 11.3. The third-order valence-electron chi connectivity index (χ3n) is 4.36. The molecule has 0 aliphatic rings. The molecule has 0 bridgehead atoms. The van der Waals surface area contributed by atoms with Crippen molar-refractivity contribution in [2.45, 2.75) is 40.2 Å². The number of hydrogen-bond acceptors (Lipinski definition) is 7. The molecule has 3 rings (SSSR count). The number of amides is 1. The van der Waals surface area contributed by atoms with E-state index in [2.05, 4.69) is 10.3 Å². The maximum atomic E-state index is 13.1. The number of nitrogens with one attached hydrogen (secondary N) is 1. The van der Waals surface area contributed by atoms with Crippen molar-refractivity contribution in [3.05, 3.63) is 58.2 Å². The lowest BCUT2D eigenvalue weighted by molar-refractivity contribution is 0.00705. The van der Waals surface area contributed by atoms with Crippen LogP contribution in [0.2, 0.25) is 0 Å². The van der Waals surface area contributed by atoms with E-state index in [0.29, 0.717) is 11.1 Å². The molecule has 0 saturated heterocycles. The SMILES string of the molecule is CCOC(=O)c1sc(NC(=O)c2cccc3cnccc23)c(C(=O)OC(C)(C)C)c1C. The number of rotatable bonds is 5. The molecule has 162 valence electrons. The molecule has 2 aromatic heterocycles. The van der Waals surface area contributed by atoms with Gasteiger partial charge in [0.25, 0.3) is 5.91 Å². The first kappa shape index (κ1) is 22.4. The number of fused-ring (bicyclic) bond motifs is 1. The van der Waals surface area contributed by atoms with Gasteiger partial charge < -0.3 is 14.8 Å². The Morgan fingerprint density at radius 3 is 2.55 bits per heavy atom. The van der Waals surface area contributed by atoms with Gasteiger partial charge in [0.15, 0.2) is 0 Å². The molecule has 0 atom stereocenters. The maximum absolute atomic E-state index is 13.1. The van der Waals surface area contributed by atoms with E-state index in [4.69, 9.17) is 9.47 Å². The van der Waals surface area contributed by atoms with E-state index in [1.165, 1.54) is 0 Å². The Balaban J connectivity index is 2.04. The number of pyridine rings is 1. The van der Waals surface area contributed by atoms with Crippen LogP contribution in [-0.4, -0.2) is 35.0 Å². The van der Waals surface area contributed by atoms with Crippen LogP contribution in [0.1, 0.15) is 63.6 Å². The Kier molecular flexibility index (Phi) is 6.40. The minimum atomic E-state index is -0.737. The van der Waals surface area contributed by atoms with E-state index in [1.54, 1.807) is 65.2 Å². The molecule has 0 radical (unpaired) electrons. The van der Waals surface area contributed by atoms with Crippen molar-refractivity contribution in [1.82, 2.24) is 4.98 Å². The molecule has 2 heterocycles. The lowest BCUT2D eigenvalue weighted by Gasteiger charge is -2.20. The second-order valence-corrected chi connectivity index (χ2v) is 8.86. The number of anilines is 1. The second-order valence-electron chi connectivity index (χ2n) is 7.84. The average molecular weight is 441 g/mol. The summed E-state index contributed by atoms with van der Waals surface area (Å²) in [6.07, 6.45) is 3.28. The largest absolute Gasteiger partial charge is 0.462 e. The fourth-order valence-electron chi connectivity index (χ4n) is 3.06. The summed E-state index contributed by atoms with van der Waals surface area (Å²) < 4.78 is 10.6. The maximum Gasteiger partial charge on any atom is 0.348 e. The summed E-state index contributed by atoms with van der Waals surface area (Å²) in [6.45, 7) is 8.79. The van der Waals surface area contributed by atoms with Crippen LogP contribution in [0.25, 0.3) is 10.8 Å². The molecule has 0 saturated carbocycles. The molecule has 0 unspecified atom stereocenters. The van der Waals surface area contributed by atoms with Gasteiger partial charge in [0.05, 0.1) is 12.2 Å². The molecule has 3 aromatic rings. The van der Waals surface area contributed by atoms with Gasteiger partial charge in [-0.05, 0) is 57.7 Å². The Labute approximate surface area is 184 Å². The molecule has 0 fully saturated rings. The number of carbonyl (C=O) groups is 3. The fraction of sp³-hybridized carbons (Fsp3) is 0.304. The number of thiophene rings is 1. The van der Waals surface area contributed by atoms with Gasteiger partial charge in [-0.1, -0.05) is 12.1 Å². The van der Waals surface area contributed by atoms with Crippen LogP contribution in [0.3, 0.4) is 0 Å². The molecule has 8 heteroatoms. The van der Waals surface area contributed by atoms with Gasteiger partial charge in [0.1, 0.15) is 15.5 Å². The Morgan fingerprint density at radius 1 is 1.13 bits per heavy atom.